The summed E-state index contributed by atoms with van der Waals surface area (Å²) in [4.78, 5) is 8.42. The van der Waals surface area contributed by atoms with Gasteiger partial charge in [0.1, 0.15) is 12.0 Å². The fourth-order valence-corrected chi connectivity index (χ4v) is 2.23. The summed E-state index contributed by atoms with van der Waals surface area (Å²) in [5.41, 5.74) is 9.54. The first kappa shape index (κ1) is 15.1. The van der Waals surface area contributed by atoms with Crippen molar-refractivity contribution in [3.8, 4) is 0 Å². The molecule has 1 heterocycles. The highest BCUT2D eigenvalue weighted by Crippen LogP contribution is 2.29. The van der Waals surface area contributed by atoms with E-state index < -0.39 is 0 Å². The molecule has 0 amide bonds. The molecule has 3 aromatic rings. The van der Waals surface area contributed by atoms with Crippen molar-refractivity contribution < 1.29 is 0 Å². The highest BCUT2D eigenvalue weighted by Gasteiger charge is 2.09. The molecule has 0 unspecified atom stereocenters. The van der Waals surface area contributed by atoms with Gasteiger partial charge in [0.15, 0.2) is 11.6 Å². The molecule has 1 aromatic heterocycles. The van der Waals surface area contributed by atoms with E-state index >= 15 is 0 Å². The first-order valence-electron chi connectivity index (χ1n) is 7.09. The molecule has 0 spiro atoms. The molecule has 5 nitrogen and oxygen atoms in total. The van der Waals surface area contributed by atoms with Crippen molar-refractivity contribution in [2.75, 3.05) is 16.4 Å². The maximum atomic E-state index is 6.18. The van der Waals surface area contributed by atoms with Crippen LogP contribution in [0.3, 0.4) is 0 Å². The minimum atomic E-state index is 0.450. The van der Waals surface area contributed by atoms with Crippen molar-refractivity contribution in [2.24, 2.45) is 0 Å². The second-order valence-corrected chi connectivity index (χ2v) is 5.49. The first-order chi connectivity index (χ1) is 11.1. The SMILES string of the molecule is Cc1ccccc1Nc1ncnc(Nc2ccc(Cl)cc2)c1N. The molecule has 4 N–H and O–H groups in total. The Kier molecular flexibility index (Phi) is 4.30. The Balaban J connectivity index is 1.86. The highest BCUT2D eigenvalue weighted by atomic mass is 35.5. The zero-order valence-electron chi connectivity index (χ0n) is 12.5. The second kappa shape index (κ2) is 6.54. The second-order valence-electron chi connectivity index (χ2n) is 5.06. The molecular formula is C17H16ClN5. The normalized spacial score (nSPS) is 10.3. The summed E-state index contributed by atoms with van der Waals surface area (Å²) in [5, 5.41) is 7.08. The lowest BCUT2D eigenvalue weighted by molar-refractivity contribution is 1.17. The molecule has 0 atom stereocenters. The van der Waals surface area contributed by atoms with E-state index in [1.807, 2.05) is 43.3 Å². The van der Waals surface area contributed by atoms with Gasteiger partial charge in [0.25, 0.3) is 0 Å². The molecular weight excluding hydrogens is 310 g/mol. The highest BCUT2D eigenvalue weighted by molar-refractivity contribution is 6.30. The van der Waals surface area contributed by atoms with Crippen LogP contribution < -0.4 is 16.4 Å². The summed E-state index contributed by atoms with van der Waals surface area (Å²) >= 11 is 5.89. The van der Waals surface area contributed by atoms with Crippen LogP contribution in [0.25, 0.3) is 0 Å². The van der Waals surface area contributed by atoms with Gasteiger partial charge in [0.05, 0.1) is 0 Å². The Morgan fingerprint density at radius 2 is 1.57 bits per heavy atom. The van der Waals surface area contributed by atoms with Gasteiger partial charge in [-0.15, -0.1) is 0 Å². The smallest absolute Gasteiger partial charge is 0.159 e. The maximum absolute atomic E-state index is 6.18. The average molecular weight is 326 g/mol. The predicted molar refractivity (Wildman–Crippen MR) is 95.6 cm³/mol. The minimum absolute atomic E-state index is 0.450. The van der Waals surface area contributed by atoms with E-state index in [4.69, 9.17) is 17.3 Å². The standard InChI is InChI=1S/C17H16ClN5/c1-11-4-2-3-5-14(11)23-17-15(19)16(20-10-21-17)22-13-8-6-12(18)7-9-13/h2-10H,19H2,1H3,(H2,20,21,22,23). The van der Waals surface area contributed by atoms with Gasteiger partial charge in [-0.2, -0.15) is 0 Å². The van der Waals surface area contributed by atoms with Gasteiger partial charge in [0, 0.05) is 16.4 Å². The van der Waals surface area contributed by atoms with E-state index in [0.29, 0.717) is 22.3 Å². The van der Waals surface area contributed by atoms with Crippen molar-refractivity contribution in [3.63, 3.8) is 0 Å². The monoisotopic (exact) mass is 325 g/mol. The molecule has 0 aliphatic heterocycles. The number of aryl methyl sites for hydroxylation is 1. The van der Waals surface area contributed by atoms with Crippen molar-refractivity contribution in [1.82, 2.24) is 9.97 Å². The number of nitrogen functional groups attached to an aromatic ring is 1. The minimum Gasteiger partial charge on any atom is -0.393 e. The largest absolute Gasteiger partial charge is 0.393 e. The molecule has 2 aromatic carbocycles. The van der Waals surface area contributed by atoms with Crippen molar-refractivity contribution >= 4 is 40.3 Å². The number of hydrogen-bond donors (Lipinski definition) is 3. The van der Waals surface area contributed by atoms with Crippen molar-refractivity contribution in [2.45, 2.75) is 6.92 Å². The van der Waals surface area contributed by atoms with E-state index in [9.17, 15) is 0 Å². The zero-order chi connectivity index (χ0) is 16.2. The summed E-state index contributed by atoms with van der Waals surface area (Å²) in [6.45, 7) is 2.02. The Morgan fingerprint density at radius 1 is 0.913 bits per heavy atom. The number of hydrogen-bond acceptors (Lipinski definition) is 5. The van der Waals surface area contributed by atoms with Crippen LogP contribution in [0.1, 0.15) is 5.56 Å². The third kappa shape index (κ3) is 3.52. The Bertz CT molecular complexity index is 817. The summed E-state index contributed by atoms with van der Waals surface area (Å²) in [6.07, 6.45) is 1.47. The molecule has 0 radical (unpaired) electrons. The average Bonchev–Trinajstić information content (AvgIpc) is 2.55. The van der Waals surface area contributed by atoms with Gasteiger partial charge in [-0.1, -0.05) is 29.8 Å². The van der Waals surface area contributed by atoms with Crippen LogP contribution in [-0.4, -0.2) is 9.97 Å². The van der Waals surface area contributed by atoms with Gasteiger partial charge in [0.2, 0.25) is 0 Å². The van der Waals surface area contributed by atoms with Gasteiger partial charge in [-0.25, -0.2) is 9.97 Å². The molecule has 0 fully saturated rings. The van der Waals surface area contributed by atoms with Gasteiger partial charge < -0.3 is 16.4 Å². The van der Waals surface area contributed by atoms with Gasteiger partial charge >= 0.3 is 0 Å². The lowest BCUT2D eigenvalue weighted by Gasteiger charge is -2.13. The van der Waals surface area contributed by atoms with Crippen LogP contribution in [0.5, 0.6) is 0 Å². The number of anilines is 5. The van der Waals surface area contributed by atoms with E-state index in [2.05, 4.69) is 20.6 Å². The summed E-state index contributed by atoms with van der Waals surface area (Å²) in [6, 6.07) is 15.3. The van der Waals surface area contributed by atoms with E-state index in [0.717, 1.165) is 16.9 Å². The summed E-state index contributed by atoms with van der Waals surface area (Å²) in [5.74, 6) is 1.10. The van der Waals surface area contributed by atoms with Crippen molar-refractivity contribution in [1.29, 1.82) is 0 Å². The Morgan fingerprint density at radius 3 is 2.26 bits per heavy atom. The fourth-order valence-electron chi connectivity index (χ4n) is 2.11. The van der Waals surface area contributed by atoms with Crippen molar-refractivity contribution in [3.05, 3.63) is 65.4 Å². The third-order valence-electron chi connectivity index (χ3n) is 3.39. The predicted octanol–water partition coefficient (Wildman–Crippen LogP) is 4.51. The number of para-hydroxylation sites is 1. The quantitative estimate of drug-likeness (QED) is 0.658. The number of halogens is 1. The molecule has 23 heavy (non-hydrogen) atoms. The number of nitrogens with zero attached hydrogens (tertiary/aromatic N) is 2. The Labute approximate surface area is 139 Å². The number of nitrogens with one attached hydrogen (secondary N) is 2. The number of rotatable bonds is 4. The number of nitrogens with two attached hydrogens (primary N) is 1. The van der Waals surface area contributed by atoms with Crippen LogP contribution in [0.4, 0.5) is 28.7 Å². The first-order valence-corrected chi connectivity index (χ1v) is 7.47. The lowest BCUT2D eigenvalue weighted by atomic mass is 10.2. The molecule has 0 saturated carbocycles. The number of aromatic nitrogens is 2. The zero-order valence-corrected chi connectivity index (χ0v) is 13.3. The van der Waals surface area contributed by atoms with Gasteiger partial charge in [-0.3, -0.25) is 0 Å². The maximum Gasteiger partial charge on any atom is 0.159 e. The molecule has 116 valence electrons. The summed E-state index contributed by atoms with van der Waals surface area (Å²) < 4.78 is 0. The third-order valence-corrected chi connectivity index (χ3v) is 3.64. The molecule has 0 aliphatic rings. The lowest BCUT2D eigenvalue weighted by Crippen LogP contribution is -2.05. The van der Waals surface area contributed by atoms with Crippen LogP contribution in [0.2, 0.25) is 5.02 Å². The Hall–Kier alpha value is -2.79. The van der Waals surface area contributed by atoms with E-state index in [-0.39, 0.29) is 0 Å². The van der Waals surface area contributed by atoms with Crippen LogP contribution in [0, 0.1) is 6.92 Å². The van der Waals surface area contributed by atoms with E-state index in [1.54, 1.807) is 12.1 Å². The molecule has 0 aliphatic carbocycles. The topological polar surface area (TPSA) is 75.9 Å². The fraction of sp³-hybridized carbons (Fsp3) is 0.0588. The van der Waals surface area contributed by atoms with Crippen LogP contribution in [0.15, 0.2) is 54.9 Å². The van der Waals surface area contributed by atoms with Gasteiger partial charge in [-0.05, 0) is 42.8 Å². The molecule has 3 rings (SSSR count). The van der Waals surface area contributed by atoms with Crippen LogP contribution >= 0.6 is 11.6 Å². The van der Waals surface area contributed by atoms with Crippen LogP contribution in [-0.2, 0) is 0 Å². The summed E-state index contributed by atoms with van der Waals surface area (Å²) in [7, 11) is 0. The number of benzene rings is 2. The molecule has 0 saturated heterocycles. The van der Waals surface area contributed by atoms with E-state index in [1.165, 1.54) is 6.33 Å². The molecule has 0 bridgehead atoms. The molecule has 6 heteroatoms.